The van der Waals surface area contributed by atoms with Crippen LogP contribution in [0.1, 0.15) is 16.2 Å². The van der Waals surface area contributed by atoms with Gasteiger partial charge < -0.3 is 9.72 Å². The highest BCUT2D eigenvalue weighted by atomic mass is 16.1. The molecule has 0 aliphatic carbocycles. The summed E-state index contributed by atoms with van der Waals surface area (Å²) in [5.41, 5.74) is 2.51. The van der Waals surface area contributed by atoms with E-state index in [2.05, 4.69) is 20.3 Å². The van der Waals surface area contributed by atoms with Gasteiger partial charge in [-0.05, 0) is 19.1 Å². The molecule has 6 nitrogen and oxygen atoms in total. The monoisotopic (exact) mass is 253 g/mol. The molecule has 0 spiro atoms. The van der Waals surface area contributed by atoms with Crippen LogP contribution in [-0.4, -0.2) is 25.3 Å². The number of nitrogens with zero attached hydrogens (tertiary/aromatic N) is 4. The largest absolute Gasteiger partial charge is 0.317 e. The van der Waals surface area contributed by atoms with E-state index in [9.17, 15) is 4.79 Å². The maximum atomic E-state index is 12.0. The third-order valence-electron chi connectivity index (χ3n) is 2.65. The Bertz CT molecular complexity index is 735. The highest BCUT2D eigenvalue weighted by Gasteiger charge is 2.10. The summed E-state index contributed by atoms with van der Waals surface area (Å²) >= 11 is 0. The smallest absolute Gasteiger partial charge is 0.275 e. The van der Waals surface area contributed by atoms with Crippen LogP contribution in [0, 0.1) is 6.92 Å². The van der Waals surface area contributed by atoms with Crippen molar-refractivity contribution in [2.45, 2.75) is 6.92 Å². The summed E-state index contributed by atoms with van der Waals surface area (Å²) < 4.78 is 1.86. The second kappa shape index (κ2) is 4.49. The molecule has 3 aromatic heterocycles. The average molecular weight is 253 g/mol. The molecule has 6 heteroatoms. The zero-order chi connectivity index (χ0) is 13.2. The number of carbonyl (C=O) groups excluding carboxylic acids is 1. The molecular formula is C13H11N5O. The first-order valence-electron chi connectivity index (χ1n) is 5.76. The summed E-state index contributed by atoms with van der Waals surface area (Å²) in [5, 5.41) is 2.79. The number of nitrogens with one attached hydrogen (secondary N) is 1. The summed E-state index contributed by atoms with van der Waals surface area (Å²) in [5.74, 6) is -0.304. The van der Waals surface area contributed by atoms with Crippen LogP contribution < -0.4 is 5.32 Å². The first kappa shape index (κ1) is 11.3. The van der Waals surface area contributed by atoms with Gasteiger partial charge in [0.25, 0.3) is 5.91 Å². The number of hydrogen-bond donors (Lipinski definition) is 1. The molecule has 94 valence electrons. The lowest BCUT2D eigenvalue weighted by molar-refractivity contribution is 0.102. The maximum Gasteiger partial charge on any atom is 0.275 e. The van der Waals surface area contributed by atoms with E-state index in [1.807, 2.05) is 29.8 Å². The van der Waals surface area contributed by atoms with Crippen LogP contribution in [0.4, 0.5) is 5.69 Å². The number of hydrogen-bond acceptors (Lipinski definition) is 4. The fraction of sp³-hybridized carbons (Fsp3) is 0.0769. The van der Waals surface area contributed by atoms with Crippen molar-refractivity contribution in [1.82, 2.24) is 19.4 Å². The molecule has 3 heterocycles. The fourth-order valence-electron chi connectivity index (χ4n) is 1.84. The zero-order valence-electron chi connectivity index (χ0n) is 10.2. The second-order valence-electron chi connectivity index (χ2n) is 4.08. The average Bonchev–Trinajstić information content (AvgIpc) is 2.81. The predicted molar refractivity (Wildman–Crippen MR) is 69.9 cm³/mol. The van der Waals surface area contributed by atoms with Gasteiger partial charge in [0.05, 0.1) is 17.6 Å². The van der Waals surface area contributed by atoms with Gasteiger partial charge in [-0.1, -0.05) is 0 Å². The molecule has 19 heavy (non-hydrogen) atoms. The Morgan fingerprint density at radius 3 is 3.05 bits per heavy atom. The Morgan fingerprint density at radius 2 is 2.26 bits per heavy atom. The van der Waals surface area contributed by atoms with Gasteiger partial charge in [0.2, 0.25) is 0 Å². The van der Waals surface area contributed by atoms with Crippen molar-refractivity contribution in [3.8, 4) is 0 Å². The molecule has 0 fully saturated rings. The van der Waals surface area contributed by atoms with Crippen LogP contribution in [0.25, 0.3) is 5.65 Å². The van der Waals surface area contributed by atoms with E-state index < -0.39 is 0 Å². The molecular weight excluding hydrogens is 242 g/mol. The van der Waals surface area contributed by atoms with E-state index in [1.165, 1.54) is 18.6 Å². The van der Waals surface area contributed by atoms with Crippen molar-refractivity contribution < 1.29 is 4.79 Å². The number of amides is 1. The van der Waals surface area contributed by atoms with Crippen LogP contribution in [0.2, 0.25) is 0 Å². The van der Waals surface area contributed by atoms with Crippen molar-refractivity contribution >= 4 is 17.2 Å². The van der Waals surface area contributed by atoms with Gasteiger partial charge >= 0.3 is 0 Å². The van der Waals surface area contributed by atoms with E-state index in [0.29, 0.717) is 11.3 Å². The second-order valence-corrected chi connectivity index (χ2v) is 4.08. The lowest BCUT2D eigenvalue weighted by atomic mass is 10.3. The Hall–Kier alpha value is -2.76. The van der Waals surface area contributed by atoms with Gasteiger partial charge in [-0.25, -0.2) is 9.97 Å². The van der Waals surface area contributed by atoms with Crippen LogP contribution in [0.3, 0.4) is 0 Å². The number of rotatable bonds is 2. The molecule has 0 aliphatic heterocycles. The molecule has 0 saturated carbocycles. The molecule has 3 rings (SSSR count). The molecule has 0 bridgehead atoms. The van der Waals surface area contributed by atoms with Gasteiger partial charge in [-0.15, -0.1) is 0 Å². The first-order valence-corrected chi connectivity index (χ1v) is 5.76. The number of fused-ring (bicyclic) bond motifs is 1. The lowest BCUT2D eigenvalue weighted by Crippen LogP contribution is -2.14. The Balaban J connectivity index is 1.95. The van der Waals surface area contributed by atoms with E-state index in [0.717, 1.165) is 5.69 Å². The van der Waals surface area contributed by atoms with E-state index >= 15 is 0 Å². The number of carbonyl (C=O) groups is 1. The number of imidazole rings is 1. The van der Waals surface area contributed by atoms with Crippen molar-refractivity contribution in [2.75, 3.05) is 5.32 Å². The molecule has 0 saturated heterocycles. The van der Waals surface area contributed by atoms with Crippen molar-refractivity contribution in [1.29, 1.82) is 0 Å². The SMILES string of the molecule is Cc1cn2cccc(NC(=O)c3cnccn3)c2n1. The summed E-state index contributed by atoms with van der Waals surface area (Å²) in [6.07, 6.45) is 8.21. The van der Waals surface area contributed by atoms with Gasteiger partial charge in [0.1, 0.15) is 5.69 Å². The zero-order valence-corrected chi connectivity index (χ0v) is 10.2. The van der Waals surface area contributed by atoms with Crippen LogP contribution in [0.15, 0.2) is 43.1 Å². The molecule has 0 aliphatic rings. The van der Waals surface area contributed by atoms with E-state index in [4.69, 9.17) is 0 Å². The molecule has 1 N–H and O–H groups in total. The van der Waals surface area contributed by atoms with Crippen LogP contribution in [-0.2, 0) is 0 Å². The summed E-state index contributed by atoms with van der Waals surface area (Å²) in [4.78, 5) is 24.2. The molecule has 3 aromatic rings. The van der Waals surface area contributed by atoms with Crippen molar-refractivity contribution in [3.63, 3.8) is 0 Å². The number of anilines is 1. The Morgan fingerprint density at radius 1 is 1.37 bits per heavy atom. The van der Waals surface area contributed by atoms with Crippen molar-refractivity contribution in [3.05, 3.63) is 54.5 Å². The highest BCUT2D eigenvalue weighted by molar-refractivity contribution is 6.04. The first-order chi connectivity index (χ1) is 9.24. The fourth-order valence-corrected chi connectivity index (χ4v) is 1.84. The topological polar surface area (TPSA) is 72.2 Å². The van der Waals surface area contributed by atoms with Gasteiger partial charge in [0, 0.05) is 24.8 Å². The third kappa shape index (κ3) is 2.15. The summed E-state index contributed by atoms with van der Waals surface area (Å²) in [7, 11) is 0. The number of aryl methyl sites for hydroxylation is 1. The molecule has 0 aromatic carbocycles. The van der Waals surface area contributed by atoms with E-state index in [-0.39, 0.29) is 11.6 Å². The minimum atomic E-state index is -0.304. The molecule has 1 amide bonds. The lowest BCUT2D eigenvalue weighted by Gasteiger charge is -2.05. The van der Waals surface area contributed by atoms with Crippen LogP contribution in [0.5, 0.6) is 0 Å². The normalized spacial score (nSPS) is 10.6. The predicted octanol–water partition coefficient (Wildman–Crippen LogP) is 1.69. The molecule has 0 atom stereocenters. The highest BCUT2D eigenvalue weighted by Crippen LogP contribution is 2.16. The maximum absolute atomic E-state index is 12.0. The minimum absolute atomic E-state index is 0.271. The Labute approximate surface area is 109 Å². The van der Waals surface area contributed by atoms with E-state index in [1.54, 1.807) is 6.07 Å². The van der Waals surface area contributed by atoms with Gasteiger partial charge in [-0.2, -0.15) is 0 Å². The molecule has 0 unspecified atom stereocenters. The third-order valence-corrected chi connectivity index (χ3v) is 2.65. The minimum Gasteiger partial charge on any atom is -0.317 e. The van der Waals surface area contributed by atoms with Crippen LogP contribution >= 0.6 is 0 Å². The molecule has 0 radical (unpaired) electrons. The summed E-state index contributed by atoms with van der Waals surface area (Å²) in [6.45, 7) is 1.90. The van der Waals surface area contributed by atoms with Gasteiger partial charge in [0.15, 0.2) is 5.65 Å². The quantitative estimate of drug-likeness (QED) is 0.754. The van der Waals surface area contributed by atoms with Gasteiger partial charge in [-0.3, -0.25) is 9.78 Å². The number of pyridine rings is 1. The summed E-state index contributed by atoms with van der Waals surface area (Å²) in [6, 6.07) is 3.65. The number of aromatic nitrogens is 4. The Kier molecular flexibility index (Phi) is 2.68. The van der Waals surface area contributed by atoms with Crippen molar-refractivity contribution in [2.24, 2.45) is 0 Å². The standard InChI is InChI=1S/C13H11N5O/c1-9-8-18-6-2-3-10(12(18)16-9)17-13(19)11-7-14-4-5-15-11/h2-8H,1H3,(H,17,19).